The van der Waals surface area contributed by atoms with Crippen LogP contribution in [0, 0.1) is 0 Å². The topological polar surface area (TPSA) is 76.4 Å². The molecule has 0 aliphatic heterocycles. The van der Waals surface area contributed by atoms with Gasteiger partial charge in [0.15, 0.2) is 0 Å². The van der Waals surface area contributed by atoms with Gasteiger partial charge in [-0.2, -0.15) is 0 Å². The summed E-state index contributed by atoms with van der Waals surface area (Å²) >= 11 is 0. The Morgan fingerprint density at radius 3 is 2.70 bits per heavy atom. The normalized spacial score (nSPS) is 11.6. The maximum atomic E-state index is 10.4. The van der Waals surface area contributed by atoms with Crippen molar-refractivity contribution in [3.05, 3.63) is 24.4 Å². The zero-order valence-electron chi connectivity index (χ0n) is 14.0. The average Bonchev–Trinajstić information content (AvgIpc) is 3.02. The van der Waals surface area contributed by atoms with Crippen molar-refractivity contribution >= 4 is 12.2 Å². The molecule has 0 bridgehead atoms. The second kappa shape index (κ2) is 12.7. The van der Waals surface area contributed by atoms with Crippen LogP contribution in [0.1, 0.15) is 64.7 Å². The van der Waals surface area contributed by atoms with Crippen LogP contribution >= 0.6 is 0 Å². The van der Waals surface area contributed by atoms with Crippen molar-refractivity contribution < 1.29 is 14.7 Å². The summed E-state index contributed by atoms with van der Waals surface area (Å²) in [5.41, 5.74) is 4.01. The second-order valence-electron chi connectivity index (χ2n) is 5.63. The standard InChI is InChI=1S/C17H29N3O3/c1-2-3-4-5-6-9-16(14-20-12-11-18-15-20)19-23-13-8-7-10-17(21)22/h11-12,14-15,19H,2-10,13H2,1H3,(H,21,22). The lowest BCUT2D eigenvalue weighted by Crippen LogP contribution is -2.16. The number of hydroxylamine groups is 1. The van der Waals surface area contributed by atoms with E-state index in [1.54, 1.807) is 12.5 Å². The van der Waals surface area contributed by atoms with Crippen molar-refractivity contribution in [3.8, 4) is 0 Å². The van der Waals surface area contributed by atoms with Gasteiger partial charge < -0.3 is 9.67 Å². The van der Waals surface area contributed by atoms with E-state index in [2.05, 4.69) is 17.4 Å². The summed E-state index contributed by atoms with van der Waals surface area (Å²) in [6.45, 7) is 2.72. The molecule has 0 atom stereocenters. The number of aromatic nitrogens is 2. The number of carbonyl (C=O) groups is 1. The van der Waals surface area contributed by atoms with E-state index >= 15 is 0 Å². The van der Waals surface area contributed by atoms with Crippen LogP contribution in [0.3, 0.4) is 0 Å². The molecule has 1 aromatic rings. The zero-order valence-corrected chi connectivity index (χ0v) is 14.0. The van der Waals surface area contributed by atoms with Crippen molar-refractivity contribution in [1.29, 1.82) is 0 Å². The Kier molecular flexibility index (Phi) is 10.6. The third kappa shape index (κ3) is 10.5. The fourth-order valence-corrected chi connectivity index (χ4v) is 2.18. The van der Waals surface area contributed by atoms with Gasteiger partial charge in [0.05, 0.1) is 18.6 Å². The van der Waals surface area contributed by atoms with Gasteiger partial charge in [0.1, 0.15) is 0 Å². The quantitative estimate of drug-likeness (QED) is 0.402. The smallest absolute Gasteiger partial charge is 0.303 e. The van der Waals surface area contributed by atoms with Crippen molar-refractivity contribution in [2.75, 3.05) is 6.61 Å². The molecule has 0 saturated carbocycles. The number of imidazole rings is 1. The molecule has 6 heteroatoms. The van der Waals surface area contributed by atoms with Crippen LogP contribution in [0.2, 0.25) is 0 Å². The fourth-order valence-electron chi connectivity index (χ4n) is 2.18. The molecule has 0 aliphatic carbocycles. The molecule has 0 aromatic carbocycles. The number of rotatable bonds is 14. The van der Waals surface area contributed by atoms with E-state index in [4.69, 9.17) is 9.94 Å². The maximum absolute atomic E-state index is 10.4. The molecule has 1 rings (SSSR count). The molecule has 0 aliphatic rings. The average molecular weight is 323 g/mol. The lowest BCUT2D eigenvalue weighted by Gasteiger charge is -2.11. The number of hydrogen-bond acceptors (Lipinski definition) is 4. The number of unbranched alkanes of at least 4 members (excludes halogenated alkanes) is 5. The number of carboxylic acids is 1. The first-order valence-corrected chi connectivity index (χ1v) is 8.50. The van der Waals surface area contributed by atoms with Crippen LogP contribution in [0.25, 0.3) is 6.20 Å². The van der Waals surface area contributed by atoms with Gasteiger partial charge in [0.2, 0.25) is 0 Å². The highest BCUT2D eigenvalue weighted by molar-refractivity contribution is 5.66. The SMILES string of the molecule is CCCCCCCC(=Cn1ccnc1)NOCCCCC(=O)O. The van der Waals surface area contributed by atoms with Crippen molar-refractivity contribution in [1.82, 2.24) is 15.0 Å². The van der Waals surface area contributed by atoms with E-state index in [0.717, 1.165) is 25.0 Å². The van der Waals surface area contributed by atoms with E-state index in [-0.39, 0.29) is 6.42 Å². The van der Waals surface area contributed by atoms with Gasteiger partial charge in [-0.05, 0) is 25.7 Å². The maximum Gasteiger partial charge on any atom is 0.303 e. The van der Waals surface area contributed by atoms with Crippen molar-refractivity contribution in [3.63, 3.8) is 0 Å². The zero-order chi connectivity index (χ0) is 16.8. The minimum atomic E-state index is -0.759. The first-order chi connectivity index (χ1) is 11.2. The predicted molar refractivity (Wildman–Crippen MR) is 90.5 cm³/mol. The van der Waals surface area contributed by atoms with Crippen molar-refractivity contribution in [2.45, 2.75) is 64.7 Å². The van der Waals surface area contributed by atoms with E-state index in [9.17, 15) is 4.79 Å². The van der Waals surface area contributed by atoms with Crippen LogP contribution in [0.5, 0.6) is 0 Å². The number of carboxylic acid groups (broad SMARTS) is 1. The molecule has 6 nitrogen and oxygen atoms in total. The molecule has 0 radical (unpaired) electrons. The summed E-state index contributed by atoms with van der Waals surface area (Å²) < 4.78 is 1.89. The van der Waals surface area contributed by atoms with Crippen LogP contribution in [-0.4, -0.2) is 27.2 Å². The largest absolute Gasteiger partial charge is 0.481 e. The van der Waals surface area contributed by atoms with E-state index in [1.165, 1.54) is 25.7 Å². The van der Waals surface area contributed by atoms with Crippen LogP contribution < -0.4 is 5.48 Å². The van der Waals surface area contributed by atoms with Gasteiger partial charge in [0, 0.05) is 25.0 Å². The lowest BCUT2D eigenvalue weighted by atomic mass is 10.1. The third-order valence-corrected chi connectivity index (χ3v) is 3.47. The van der Waals surface area contributed by atoms with E-state index < -0.39 is 5.97 Å². The summed E-state index contributed by atoms with van der Waals surface area (Å²) in [6, 6.07) is 0. The Morgan fingerprint density at radius 1 is 1.22 bits per heavy atom. The highest BCUT2D eigenvalue weighted by Gasteiger charge is 2.00. The fraction of sp³-hybridized carbons (Fsp3) is 0.647. The lowest BCUT2D eigenvalue weighted by molar-refractivity contribution is -0.137. The van der Waals surface area contributed by atoms with Crippen LogP contribution in [-0.2, 0) is 9.63 Å². The Labute approximate surface area is 138 Å². The summed E-state index contributed by atoms with van der Waals surface area (Å²) in [5.74, 6) is -0.759. The molecule has 23 heavy (non-hydrogen) atoms. The second-order valence-corrected chi connectivity index (χ2v) is 5.63. The van der Waals surface area contributed by atoms with E-state index in [0.29, 0.717) is 13.0 Å². The van der Waals surface area contributed by atoms with E-state index in [1.807, 2.05) is 17.0 Å². The molecular formula is C17H29N3O3. The number of nitrogens with one attached hydrogen (secondary N) is 1. The first kappa shape index (κ1) is 19.2. The Bertz CT molecular complexity index is 444. The highest BCUT2D eigenvalue weighted by Crippen LogP contribution is 2.10. The molecule has 1 heterocycles. The molecule has 0 amide bonds. The summed E-state index contributed by atoms with van der Waals surface area (Å²) in [4.78, 5) is 19.9. The molecule has 0 fully saturated rings. The first-order valence-electron chi connectivity index (χ1n) is 8.50. The molecule has 0 spiro atoms. The Balaban J connectivity index is 2.29. The summed E-state index contributed by atoms with van der Waals surface area (Å²) in [6.07, 6.45) is 16.0. The van der Waals surface area contributed by atoms with Gasteiger partial charge >= 0.3 is 5.97 Å². The number of nitrogens with zero attached hydrogens (tertiary/aromatic N) is 2. The molecule has 2 N–H and O–H groups in total. The minimum Gasteiger partial charge on any atom is -0.481 e. The molecule has 0 unspecified atom stereocenters. The molecule has 1 aromatic heterocycles. The van der Waals surface area contributed by atoms with Gasteiger partial charge in [-0.25, -0.2) is 4.98 Å². The Morgan fingerprint density at radius 2 is 2.00 bits per heavy atom. The number of aliphatic carboxylic acids is 1. The van der Waals surface area contributed by atoms with Crippen LogP contribution in [0.4, 0.5) is 0 Å². The molecule has 0 saturated heterocycles. The monoisotopic (exact) mass is 323 g/mol. The number of hydrogen-bond donors (Lipinski definition) is 2. The molecular weight excluding hydrogens is 294 g/mol. The van der Waals surface area contributed by atoms with Gasteiger partial charge in [-0.15, -0.1) is 0 Å². The minimum absolute atomic E-state index is 0.193. The van der Waals surface area contributed by atoms with Gasteiger partial charge in [-0.1, -0.05) is 32.6 Å². The molecule has 130 valence electrons. The summed E-state index contributed by atoms with van der Waals surface area (Å²) in [5, 5.41) is 8.59. The van der Waals surface area contributed by atoms with Crippen LogP contribution in [0.15, 0.2) is 24.4 Å². The van der Waals surface area contributed by atoms with Crippen molar-refractivity contribution in [2.24, 2.45) is 0 Å². The highest BCUT2D eigenvalue weighted by atomic mass is 16.6. The predicted octanol–water partition coefficient (Wildman–Crippen LogP) is 3.82. The third-order valence-electron chi connectivity index (χ3n) is 3.47. The van der Waals surface area contributed by atoms with Gasteiger partial charge in [-0.3, -0.25) is 15.1 Å². The summed E-state index contributed by atoms with van der Waals surface area (Å²) in [7, 11) is 0. The Hall–Kier alpha value is -1.82. The van der Waals surface area contributed by atoms with Gasteiger partial charge in [0.25, 0.3) is 0 Å². The number of allylic oxidation sites excluding steroid dienone is 1.